The highest BCUT2D eigenvalue weighted by molar-refractivity contribution is 7.89. The van der Waals surface area contributed by atoms with Gasteiger partial charge in [0.1, 0.15) is 23.1 Å². The first-order chi connectivity index (χ1) is 12.8. The highest BCUT2D eigenvalue weighted by atomic mass is 32.2. The van der Waals surface area contributed by atoms with Gasteiger partial charge in [0.2, 0.25) is 15.9 Å². The number of nitrogens with zero attached hydrogens (tertiary/aromatic N) is 2. The van der Waals surface area contributed by atoms with Gasteiger partial charge < -0.3 is 9.88 Å². The molecule has 0 saturated carbocycles. The van der Waals surface area contributed by atoms with E-state index in [2.05, 4.69) is 5.32 Å². The number of rotatable bonds is 5. The fraction of sp³-hybridized carbons (Fsp3) is 0.294. The summed E-state index contributed by atoms with van der Waals surface area (Å²) in [6.45, 7) is 0.143. The number of nitrogens with one attached hydrogen (secondary N) is 1. The van der Waals surface area contributed by atoms with E-state index in [9.17, 15) is 26.8 Å². The third-order valence-corrected chi connectivity index (χ3v) is 6.10. The third kappa shape index (κ3) is 4.06. The van der Waals surface area contributed by atoms with Crippen molar-refractivity contribution < 1.29 is 22.0 Å². The van der Waals surface area contributed by atoms with Gasteiger partial charge >= 0.3 is 0 Å². The van der Waals surface area contributed by atoms with E-state index in [1.54, 1.807) is 0 Å². The van der Waals surface area contributed by atoms with Crippen LogP contribution in [0.3, 0.4) is 0 Å². The van der Waals surface area contributed by atoms with Crippen LogP contribution >= 0.6 is 0 Å². The van der Waals surface area contributed by atoms with E-state index < -0.39 is 44.6 Å². The summed E-state index contributed by atoms with van der Waals surface area (Å²) in [7, 11) is -3.94. The van der Waals surface area contributed by atoms with Crippen LogP contribution in [0.15, 0.2) is 46.2 Å². The number of sulfonamides is 1. The molecule has 2 aromatic rings. The summed E-state index contributed by atoms with van der Waals surface area (Å²) in [6.07, 6.45) is 2.70. The maximum atomic E-state index is 13.6. The lowest BCUT2D eigenvalue weighted by molar-refractivity contribution is -0.116. The average molecular weight is 397 g/mol. The molecule has 0 radical (unpaired) electrons. The van der Waals surface area contributed by atoms with E-state index in [0.29, 0.717) is 13.1 Å². The number of hydrogen-bond acceptors (Lipinski definition) is 4. The molecule has 1 aliphatic heterocycles. The van der Waals surface area contributed by atoms with Gasteiger partial charge in [0.25, 0.3) is 5.56 Å². The van der Waals surface area contributed by atoms with Gasteiger partial charge in [-0.25, -0.2) is 17.2 Å². The zero-order valence-electron chi connectivity index (χ0n) is 14.2. The SMILES string of the molecule is O=C(Cn1cccc(S(=O)(=O)N2CCCC2)c1=O)Nc1cc(F)ccc1F. The van der Waals surface area contributed by atoms with Gasteiger partial charge in [-0.2, -0.15) is 4.31 Å². The minimum atomic E-state index is -3.94. The van der Waals surface area contributed by atoms with Crippen LogP contribution in [0.1, 0.15) is 12.8 Å². The lowest BCUT2D eigenvalue weighted by Gasteiger charge is -2.16. The molecule has 0 atom stereocenters. The standard InChI is InChI=1S/C17H17F2N3O4S/c18-12-5-6-13(19)14(10-12)20-16(23)11-21-7-3-4-15(17(21)24)27(25,26)22-8-1-2-9-22/h3-7,10H,1-2,8-9,11H2,(H,20,23). The van der Waals surface area contributed by atoms with Gasteiger partial charge in [-0.15, -0.1) is 0 Å². The fourth-order valence-corrected chi connectivity index (χ4v) is 4.45. The largest absolute Gasteiger partial charge is 0.322 e. The molecule has 1 N–H and O–H groups in total. The number of halogens is 2. The molecule has 7 nitrogen and oxygen atoms in total. The molecule has 2 heterocycles. The quantitative estimate of drug-likeness (QED) is 0.829. The Morgan fingerprint density at radius 2 is 1.85 bits per heavy atom. The second kappa shape index (κ2) is 7.57. The summed E-state index contributed by atoms with van der Waals surface area (Å²) in [5.74, 6) is -2.36. The molecule has 3 rings (SSSR count). The van der Waals surface area contributed by atoms with Crippen LogP contribution in [0.25, 0.3) is 0 Å². The van der Waals surface area contributed by atoms with Gasteiger partial charge in [0, 0.05) is 25.4 Å². The first-order valence-electron chi connectivity index (χ1n) is 8.23. The van der Waals surface area contributed by atoms with Crippen LogP contribution in [0.2, 0.25) is 0 Å². The Morgan fingerprint density at radius 3 is 2.56 bits per heavy atom. The summed E-state index contributed by atoms with van der Waals surface area (Å²) in [4.78, 5) is 24.2. The molecule has 10 heteroatoms. The third-order valence-electron chi connectivity index (χ3n) is 4.18. The summed E-state index contributed by atoms with van der Waals surface area (Å²) >= 11 is 0. The van der Waals surface area contributed by atoms with Crippen LogP contribution in [-0.4, -0.2) is 36.3 Å². The molecule has 144 valence electrons. The number of amides is 1. The Kier molecular flexibility index (Phi) is 5.38. The predicted octanol–water partition coefficient (Wildman–Crippen LogP) is 1.55. The van der Waals surface area contributed by atoms with Crippen molar-refractivity contribution in [3.63, 3.8) is 0 Å². The first-order valence-corrected chi connectivity index (χ1v) is 9.67. The molecule has 1 aromatic carbocycles. The highest BCUT2D eigenvalue weighted by Crippen LogP contribution is 2.18. The zero-order valence-corrected chi connectivity index (χ0v) is 15.0. The Hall–Kier alpha value is -2.59. The van der Waals surface area contributed by atoms with E-state index in [1.165, 1.54) is 22.6 Å². The van der Waals surface area contributed by atoms with E-state index in [4.69, 9.17) is 0 Å². The Morgan fingerprint density at radius 1 is 1.15 bits per heavy atom. The maximum Gasteiger partial charge on any atom is 0.271 e. The van der Waals surface area contributed by atoms with Gasteiger partial charge in [-0.05, 0) is 37.1 Å². The molecule has 1 aliphatic rings. The normalized spacial score (nSPS) is 15.0. The van der Waals surface area contributed by atoms with Crippen molar-refractivity contribution in [2.45, 2.75) is 24.3 Å². The van der Waals surface area contributed by atoms with Gasteiger partial charge in [-0.1, -0.05) is 0 Å². The van der Waals surface area contributed by atoms with Crippen LogP contribution in [0, 0.1) is 11.6 Å². The second-order valence-corrected chi connectivity index (χ2v) is 8.00. The molecule has 1 saturated heterocycles. The van der Waals surface area contributed by atoms with Crippen molar-refractivity contribution in [3.05, 3.63) is 58.5 Å². The van der Waals surface area contributed by atoms with Crippen molar-refractivity contribution in [3.8, 4) is 0 Å². The van der Waals surface area contributed by atoms with Gasteiger partial charge in [0.15, 0.2) is 0 Å². The molecule has 1 aromatic heterocycles. The van der Waals surface area contributed by atoms with E-state index in [0.717, 1.165) is 35.6 Å². The molecule has 27 heavy (non-hydrogen) atoms. The Balaban J connectivity index is 1.83. The lowest BCUT2D eigenvalue weighted by Crippen LogP contribution is -2.36. The molecular weight excluding hydrogens is 380 g/mol. The molecule has 1 fully saturated rings. The maximum absolute atomic E-state index is 13.6. The zero-order chi connectivity index (χ0) is 19.6. The predicted molar refractivity (Wildman–Crippen MR) is 93.7 cm³/mol. The summed E-state index contributed by atoms with van der Waals surface area (Å²) < 4.78 is 54.1. The second-order valence-electron chi connectivity index (χ2n) is 6.09. The molecular formula is C17H17F2N3O4S. The van der Waals surface area contributed by atoms with Crippen molar-refractivity contribution >= 4 is 21.6 Å². The first kappa shape index (κ1) is 19.2. The number of hydrogen-bond donors (Lipinski definition) is 1. The number of benzene rings is 1. The monoisotopic (exact) mass is 397 g/mol. The molecule has 0 unspecified atom stereocenters. The number of carbonyl (C=O) groups is 1. The van der Waals surface area contributed by atoms with E-state index >= 15 is 0 Å². The van der Waals surface area contributed by atoms with Crippen LogP contribution in [0.4, 0.5) is 14.5 Å². The molecule has 0 spiro atoms. The van der Waals surface area contributed by atoms with Crippen LogP contribution in [-0.2, 0) is 21.4 Å². The van der Waals surface area contributed by atoms with Crippen molar-refractivity contribution in [2.24, 2.45) is 0 Å². The summed E-state index contributed by atoms with van der Waals surface area (Å²) in [5.41, 5.74) is -1.21. The van der Waals surface area contributed by atoms with Crippen LogP contribution in [0.5, 0.6) is 0 Å². The topological polar surface area (TPSA) is 88.5 Å². The van der Waals surface area contributed by atoms with Gasteiger partial charge in [0.05, 0.1) is 5.69 Å². The van der Waals surface area contributed by atoms with E-state index in [1.807, 2.05) is 0 Å². The average Bonchev–Trinajstić information content (AvgIpc) is 3.15. The Labute approximate surface area is 154 Å². The molecule has 0 bridgehead atoms. The Bertz CT molecular complexity index is 1030. The fourth-order valence-electron chi connectivity index (χ4n) is 2.84. The minimum Gasteiger partial charge on any atom is -0.322 e. The minimum absolute atomic E-state index is 0.343. The summed E-state index contributed by atoms with van der Waals surface area (Å²) in [6, 6.07) is 5.11. The number of pyridine rings is 1. The van der Waals surface area contributed by atoms with Crippen LogP contribution < -0.4 is 10.9 Å². The van der Waals surface area contributed by atoms with E-state index in [-0.39, 0.29) is 5.69 Å². The van der Waals surface area contributed by atoms with Crippen molar-refractivity contribution in [1.82, 2.24) is 8.87 Å². The number of anilines is 1. The molecule has 1 amide bonds. The van der Waals surface area contributed by atoms with Crippen molar-refractivity contribution in [2.75, 3.05) is 18.4 Å². The number of aromatic nitrogens is 1. The summed E-state index contributed by atoms with van der Waals surface area (Å²) in [5, 5.41) is 2.17. The molecule has 0 aliphatic carbocycles. The number of carbonyl (C=O) groups excluding carboxylic acids is 1. The van der Waals surface area contributed by atoms with Crippen molar-refractivity contribution in [1.29, 1.82) is 0 Å². The highest BCUT2D eigenvalue weighted by Gasteiger charge is 2.30. The van der Waals surface area contributed by atoms with Gasteiger partial charge in [-0.3, -0.25) is 9.59 Å². The lowest BCUT2D eigenvalue weighted by atomic mass is 10.3. The smallest absolute Gasteiger partial charge is 0.271 e.